The highest BCUT2D eigenvalue weighted by atomic mass is 19.1. The minimum absolute atomic E-state index is 0.231. The summed E-state index contributed by atoms with van der Waals surface area (Å²) in [4.78, 5) is 35.5. The van der Waals surface area contributed by atoms with Crippen LogP contribution in [0, 0.1) is 5.82 Å². The van der Waals surface area contributed by atoms with Crippen molar-refractivity contribution in [3.8, 4) is 0 Å². The minimum Gasteiger partial charge on any atom is -0.456 e. The van der Waals surface area contributed by atoms with E-state index in [9.17, 15) is 18.8 Å². The van der Waals surface area contributed by atoms with E-state index in [1.165, 1.54) is 18.2 Å². The fraction of sp³-hybridized carbons (Fsp3) is 0.312. The lowest BCUT2D eigenvalue weighted by Gasteiger charge is -2.25. The number of carbonyl (C=O) groups is 3. The Balaban J connectivity index is 1.99. The molecule has 0 spiro atoms. The number of hydrogen-bond donors (Lipinski definition) is 1. The molecule has 0 radical (unpaired) electrons. The van der Waals surface area contributed by atoms with E-state index in [2.05, 4.69) is 11.9 Å². The Hall–Kier alpha value is -2.50. The van der Waals surface area contributed by atoms with Gasteiger partial charge in [0.25, 0.3) is 0 Å². The summed E-state index contributed by atoms with van der Waals surface area (Å²) in [6.45, 7) is 3.11. The van der Waals surface area contributed by atoms with E-state index in [0.717, 1.165) is 12.1 Å². The van der Waals surface area contributed by atoms with Gasteiger partial charge < -0.3 is 10.1 Å². The monoisotopic (exact) mass is 305 g/mol. The molecule has 1 saturated heterocycles. The zero-order chi connectivity index (χ0) is 16.2. The first kappa shape index (κ1) is 15.9. The quantitative estimate of drug-likeness (QED) is 0.494. The van der Waals surface area contributed by atoms with E-state index >= 15 is 0 Å². The first-order chi connectivity index (χ1) is 10.5. The number of amides is 1. The van der Waals surface area contributed by atoms with Crippen LogP contribution in [0.15, 0.2) is 36.9 Å². The van der Waals surface area contributed by atoms with Crippen LogP contribution in [0.2, 0.25) is 0 Å². The molecule has 0 saturated carbocycles. The van der Waals surface area contributed by atoms with Crippen LogP contribution in [0.3, 0.4) is 0 Å². The van der Waals surface area contributed by atoms with Gasteiger partial charge in [-0.25, -0.2) is 9.18 Å². The van der Waals surface area contributed by atoms with E-state index in [0.29, 0.717) is 6.42 Å². The van der Waals surface area contributed by atoms with Crippen LogP contribution in [-0.4, -0.2) is 29.8 Å². The molecule has 116 valence electrons. The lowest BCUT2D eigenvalue weighted by molar-refractivity contribution is -0.150. The zero-order valence-electron chi connectivity index (χ0n) is 11.9. The molecule has 22 heavy (non-hydrogen) atoms. The predicted molar refractivity (Wildman–Crippen MR) is 76.6 cm³/mol. The summed E-state index contributed by atoms with van der Waals surface area (Å²) >= 11 is 0. The molecule has 6 heteroatoms. The number of benzene rings is 1. The van der Waals surface area contributed by atoms with E-state index < -0.39 is 29.7 Å². The van der Waals surface area contributed by atoms with Gasteiger partial charge in [0, 0.05) is 12.0 Å². The zero-order valence-corrected chi connectivity index (χ0v) is 11.9. The highest BCUT2D eigenvalue weighted by Gasteiger charge is 2.45. The largest absolute Gasteiger partial charge is 0.456 e. The van der Waals surface area contributed by atoms with Crippen LogP contribution in [0.1, 0.15) is 29.6 Å². The van der Waals surface area contributed by atoms with Gasteiger partial charge in [-0.1, -0.05) is 6.08 Å². The summed E-state index contributed by atoms with van der Waals surface area (Å²) in [7, 11) is 0. The third-order valence-electron chi connectivity index (χ3n) is 3.54. The maximum atomic E-state index is 12.8. The molecular weight excluding hydrogens is 289 g/mol. The van der Waals surface area contributed by atoms with Gasteiger partial charge in [0.15, 0.2) is 12.4 Å². The van der Waals surface area contributed by atoms with Crippen molar-refractivity contribution in [3.63, 3.8) is 0 Å². The van der Waals surface area contributed by atoms with Crippen LogP contribution < -0.4 is 5.32 Å². The smallest absolute Gasteiger partial charge is 0.332 e. The number of ether oxygens (including phenoxy) is 1. The number of rotatable bonds is 6. The number of nitrogens with one attached hydrogen (secondary N) is 1. The van der Waals surface area contributed by atoms with E-state index in [1.54, 1.807) is 0 Å². The van der Waals surface area contributed by atoms with E-state index in [-0.39, 0.29) is 24.3 Å². The maximum Gasteiger partial charge on any atom is 0.332 e. The summed E-state index contributed by atoms with van der Waals surface area (Å²) in [6.07, 6.45) is 2.30. The van der Waals surface area contributed by atoms with Crippen molar-refractivity contribution in [2.75, 3.05) is 6.61 Å². The van der Waals surface area contributed by atoms with Crippen molar-refractivity contribution in [3.05, 3.63) is 48.3 Å². The molecule has 1 heterocycles. The molecule has 0 unspecified atom stereocenters. The number of ketones is 1. The van der Waals surface area contributed by atoms with E-state index in [1.807, 2.05) is 0 Å². The molecule has 1 aromatic carbocycles. The van der Waals surface area contributed by atoms with Crippen LogP contribution >= 0.6 is 0 Å². The molecule has 0 bridgehead atoms. The van der Waals surface area contributed by atoms with Crippen LogP contribution in [0.4, 0.5) is 4.39 Å². The number of carbonyl (C=O) groups excluding carboxylic acids is 3. The van der Waals surface area contributed by atoms with E-state index in [4.69, 9.17) is 4.74 Å². The third-order valence-corrected chi connectivity index (χ3v) is 3.54. The van der Waals surface area contributed by atoms with Gasteiger partial charge in [-0.3, -0.25) is 9.59 Å². The average Bonchev–Trinajstić information content (AvgIpc) is 2.88. The van der Waals surface area contributed by atoms with Crippen molar-refractivity contribution >= 4 is 17.7 Å². The molecular formula is C16H16FNO4. The number of hydrogen-bond acceptors (Lipinski definition) is 4. The Bertz CT molecular complexity index is 611. The molecule has 1 aliphatic heterocycles. The maximum absolute atomic E-state index is 12.8. The molecule has 1 fully saturated rings. The molecule has 0 aromatic heterocycles. The van der Waals surface area contributed by atoms with Gasteiger partial charge >= 0.3 is 5.97 Å². The van der Waals surface area contributed by atoms with Crippen molar-refractivity contribution in [1.82, 2.24) is 5.32 Å². The second-order valence-electron chi connectivity index (χ2n) is 5.13. The Morgan fingerprint density at radius 1 is 1.36 bits per heavy atom. The molecule has 1 aromatic rings. The van der Waals surface area contributed by atoms with Crippen molar-refractivity contribution in [1.29, 1.82) is 0 Å². The Labute approximate surface area is 127 Å². The summed E-state index contributed by atoms with van der Waals surface area (Å²) in [5.74, 6) is -1.78. The second-order valence-corrected chi connectivity index (χ2v) is 5.13. The lowest BCUT2D eigenvalue weighted by atomic mass is 9.93. The molecule has 0 aliphatic carbocycles. The van der Waals surface area contributed by atoms with Gasteiger partial charge in [-0.15, -0.1) is 6.58 Å². The highest BCUT2D eigenvalue weighted by Crippen LogP contribution is 2.26. The van der Waals surface area contributed by atoms with Crippen LogP contribution in [0.5, 0.6) is 0 Å². The molecule has 1 atom stereocenters. The van der Waals surface area contributed by atoms with Crippen molar-refractivity contribution in [2.45, 2.75) is 24.8 Å². The first-order valence-electron chi connectivity index (χ1n) is 6.85. The first-order valence-corrected chi connectivity index (χ1v) is 6.85. The van der Waals surface area contributed by atoms with Gasteiger partial charge in [-0.05, 0) is 37.1 Å². The van der Waals surface area contributed by atoms with Gasteiger partial charge in [0.2, 0.25) is 5.91 Å². The molecule has 1 aliphatic rings. The molecule has 5 nitrogen and oxygen atoms in total. The molecule has 1 N–H and O–H groups in total. The predicted octanol–water partition coefficient (Wildman–Crippen LogP) is 1.78. The summed E-state index contributed by atoms with van der Waals surface area (Å²) in [5.41, 5.74) is -0.885. The van der Waals surface area contributed by atoms with Crippen LogP contribution in [-0.2, 0) is 14.3 Å². The molecule has 2 rings (SSSR count). The Morgan fingerprint density at radius 2 is 2.05 bits per heavy atom. The Morgan fingerprint density at radius 3 is 2.59 bits per heavy atom. The van der Waals surface area contributed by atoms with Gasteiger partial charge in [0.1, 0.15) is 11.4 Å². The second kappa shape index (κ2) is 6.51. The third kappa shape index (κ3) is 3.39. The fourth-order valence-electron chi connectivity index (χ4n) is 2.34. The minimum atomic E-state index is -1.14. The van der Waals surface area contributed by atoms with Crippen molar-refractivity contribution < 1.29 is 23.5 Å². The lowest BCUT2D eigenvalue weighted by Crippen LogP contribution is -2.49. The molecule has 1 amide bonds. The standard InChI is InChI=1S/C16H16FNO4/c1-2-8-16(9-7-14(20)18-16)15(21)22-10-13(19)11-3-5-12(17)6-4-11/h2-6H,1,7-10H2,(H,18,20)/t16-/m1/s1. The number of esters is 1. The van der Waals surface area contributed by atoms with Crippen molar-refractivity contribution in [2.24, 2.45) is 0 Å². The highest BCUT2D eigenvalue weighted by molar-refractivity contribution is 5.99. The summed E-state index contributed by atoms with van der Waals surface area (Å²) < 4.78 is 17.8. The average molecular weight is 305 g/mol. The SMILES string of the molecule is C=CC[C@]1(C(=O)OCC(=O)c2ccc(F)cc2)CCC(=O)N1. The summed E-state index contributed by atoms with van der Waals surface area (Å²) in [5, 5.41) is 2.59. The summed E-state index contributed by atoms with van der Waals surface area (Å²) in [6, 6.07) is 4.96. The van der Waals surface area contributed by atoms with Gasteiger partial charge in [0.05, 0.1) is 0 Å². The number of halogens is 1. The Kier molecular flexibility index (Phi) is 4.70. The normalized spacial score (nSPS) is 20.3. The van der Waals surface area contributed by atoms with Gasteiger partial charge in [-0.2, -0.15) is 0 Å². The number of Topliss-reactive ketones (excluding diaryl/α,β-unsaturated/α-hetero) is 1. The van der Waals surface area contributed by atoms with Crippen LogP contribution in [0.25, 0.3) is 0 Å². The topological polar surface area (TPSA) is 72.5 Å². The fourth-order valence-corrected chi connectivity index (χ4v) is 2.34.